The maximum atomic E-state index is 13.7. The third-order valence-corrected chi connectivity index (χ3v) is 4.01. The van der Waals surface area contributed by atoms with Gasteiger partial charge in [0, 0.05) is 18.1 Å². The Morgan fingerprint density at radius 2 is 1.83 bits per heavy atom. The van der Waals surface area contributed by atoms with E-state index in [1.54, 1.807) is 17.0 Å². The zero-order chi connectivity index (χ0) is 17.1. The summed E-state index contributed by atoms with van der Waals surface area (Å²) in [4.78, 5) is 30.4. The Labute approximate surface area is 143 Å². The third kappa shape index (κ3) is 3.54. The number of carbonyl (C=O) groups excluding carboxylic acids is 2. The Morgan fingerprint density at radius 3 is 2.58 bits per heavy atom. The molecule has 0 bridgehead atoms. The average Bonchev–Trinajstić information content (AvgIpc) is 3.12. The normalized spacial score (nSPS) is 13.8. The van der Waals surface area contributed by atoms with Gasteiger partial charge in [-0.05, 0) is 43.2 Å². The predicted molar refractivity (Wildman–Crippen MR) is 88.7 cm³/mol. The molecule has 1 aromatic carbocycles. The molecule has 0 unspecified atom stereocenters. The second-order valence-corrected chi connectivity index (χ2v) is 5.92. The van der Waals surface area contributed by atoms with Crippen molar-refractivity contribution in [1.29, 1.82) is 0 Å². The molecular weight excluding hydrogens is 333 g/mol. The van der Waals surface area contributed by atoms with Crippen LogP contribution in [0.5, 0.6) is 0 Å². The van der Waals surface area contributed by atoms with E-state index in [1.165, 1.54) is 24.3 Å². The number of carbonyl (C=O) groups is 2. The SMILES string of the molecule is O=C(Nc1cc(Cl)ccc1F)c1cccc(C(=O)N2CCCC2)n1. The lowest BCUT2D eigenvalue weighted by Crippen LogP contribution is -2.29. The van der Waals surface area contributed by atoms with E-state index in [0.717, 1.165) is 12.8 Å². The van der Waals surface area contributed by atoms with E-state index in [0.29, 0.717) is 18.1 Å². The van der Waals surface area contributed by atoms with E-state index in [-0.39, 0.29) is 23.0 Å². The van der Waals surface area contributed by atoms with Crippen molar-refractivity contribution in [3.8, 4) is 0 Å². The molecule has 24 heavy (non-hydrogen) atoms. The van der Waals surface area contributed by atoms with Gasteiger partial charge in [0.15, 0.2) is 0 Å². The highest BCUT2D eigenvalue weighted by atomic mass is 35.5. The minimum atomic E-state index is -0.604. The van der Waals surface area contributed by atoms with Gasteiger partial charge < -0.3 is 10.2 Å². The molecule has 2 aromatic rings. The van der Waals surface area contributed by atoms with Gasteiger partial charge in [-0.15, -0.1) is 0 Å². The monoisotopic (exact) mass is 347 g/mol. The molecule has 7 heteroatoms. The number of hydrogen-bond acceptors (Lipinski definition) is 3. The first-order valence-electron chi connectivity index (χ1n) is 7.57. The van der Waals surface area contributed by atoms with Crippen LogP contribution in [0.1, 0.15) is 33.8 Å². The number of pyridine rings is 1. The zero-order valence-electron chi connectivity index (χ0n) is 12.8. The second-order valence-electron chi connectivity index (χ2n) is 5.49. The van der Waals surface area contributed by atoms with E-state index < -0.39 is 11.7 Å². The quantitative estimate of drug-likeness (QED) is 0.926. The smallest absolute Gasteiger partial charge is 0.274 e. The number of anilines is 1. The van der Waals surface area contributed by atoms with Crippen LogP contribution in [-0.2, 0) is 0 Å². The average molecular weight is 348 g/mol. The van der Waals surface area contributed by atoms with Crippen LogP contribution in [0, 0.1) is 5.82 Å². The molecule has 0 radical (unpaired) electrons. The van der Waals surface area contributed by atoms with Crippen molar-refractivity contribution in [2.24, 2.45) is 0 Å². The fourth-order valence-electron chi connectivity index (χ4n) is 2.54. The molecule has 5 nitrogen and oxygen atoms in total. The molecule has 1 N–H and O–H groups in total. The lowest BCUT2D eigenvalue weighted by molar-refractivity contribution is 0.0787. The minimum absolute atomic E-state index is 0.0365. The van der Waals surface area contributed by atoms with Crippen LogP contribution in [0.15, 0.2) is 36.4 Å². The molecule has 0 saturated carbocycles. The molecule has 0 spiro atoms. The Kier molecular flexibility index (Phi) is 4.76. The molecule has 2 heterocycles. The summed E-state index contributed by atoms with van der Waals surface area (Å²) in [6, 6.07) is 8.49. The third-order valence-electron chi connectivity index (χ3n) is 3.77. The Balaban J connectivity index is 1.79. The fourth-order valence-corrected chi connectivity index (χ4v) is 2.71. The minimum Gasteiger partial charge on any atom is -0.337 e. The fraction of sp³-hybridized carbons (Fsp3) is 0.235. The Hall–Kier alpha value is -2.47. The number of nitrogens with zero attached hydrogens (tertiary/aromatic N) is 2. The van der Waals surface area contributed by atoms with E-state index in [9.17, 15) is 14.0 Å². The predicted octanol–water partition coefficient (Wildman–Crippen LogP) is 3.36. The van der Waals surface area contributed by atoms with Crippen molar-refractivity contribution >= 4 is 29.1 Å². The van der Waals surface area contributed by atoms with Crippen molar-refractivity contribution in [2.45, 2.75) is 12.8 Å². The van der Waals surface area contributed by atoms with Gasteiger partial charge >= 0.3 is 0 Å². The molecule has 1 aromatic heterocycles. The van der Waals surface area contributed by atoms with Crippen LogP contribution < -0.4 is 5.32 Å². The zero-order valence-corrected chi connectivity index (χ0v) is 13.5. The van der Waals surface area contributed by atoms with Crippen LogP contribution in [0.25, 0.3) is 0 Å². The van der Waals surface area contributed by atoms with Crippen LogP contribution in [0.3, 0.4) is 0 Å². The molecule has 1 aliphatic rings. The molecule has 1 saturated heterocycles. The standard InChI is InChI=1S/C17H15ClFN3O2/c18-11-6-7-12(19)15(10-11)21-16(23)13-4-3-5-14(20-13)17(24)22-8-1-2-9-22/h3-7,10H,1-2,8-9H2,(H,21,23). The van der Waals surface area contributed by atoms with Gasteiger partial charge in [0.25, 0.3) is 11.8 Å². The van der Waals surface area contributed by atoms with E-state index in [2.05, 4.69) is 10.3 Å². The summed E-state index contributed by atoms with van der Waals surface area (Å²) in [5.74, 6) is -1.40. The number of aromatic nitrogens is 1. The molecule has 3 rings (SSSR count). The first-order chi connectivity index (χ1) is 11.5. The summed E-state index contributed by atoms with van der Waals surface area (Å²) < 4.78 is 13.7. The summed E-state index contributed by atoms with van der Waals surface area (Å²) in [6.07, 6.45) is 1.94. The first-order valence-corrected chi connectivity index (χ1v) is 7.95. The highest BCUT2D eigenvalue weighted by Gasteiger charge is 2.21. The van der Waals surface area contributed by atoms with Gasteiger partial charge in [0.2, 0.25) is 0 Å². The number of likely N-dealkylation sites (tertiary alicyclic amines) is 1. The van der Waals surface area contributed by atoms with Gasteiger partial charge in [-0.1, -0.05) is 17.7 Å². The van der Waals surface area contributed by atoms with Crippen LogP contribution in [0.4, 0.5) is 10.1 Å². The molecule has 2 amide bonds. The largest absolute Gasteiger partial charge is 0.337 e. The number of nitrogens with one attached hydrogen (secondary N) is 1. The maximum Gasteiger partial charge on any atom is 0.274 e. The second kappa shape index (κ2) is 6.97. The van der Waals surface area contributed by atoms with Crippen LogP contribution >= 0.6 is 11.6 Å². The van der Waals surface area contributed by atoms with Crippen molar-refractivity contribution in [2.75, 3.05) is 18.4 Å². The number of benzene rings is 1. The molecular formula is C17H15ClFN3O2. The first kappa shape index (κ1) is 16.4. The lowest BCUT2D eigenvalue weighted by Gasteiger charge is -2.14. The number of rotatable bonds is 3. The summed E-state index contributed by atoms with van der Waals surface area (Å²) in [5.41, 5.74) is 0.209. The summed E-state index contributed by atoms with van der Waals surface area (Å²) in [6.45, 7) is 1.40. The molecule has 1 fully saturated rings. The lowest BCUT2D eigenvalue weighted by atomic mass is 10.2. The van der Waals surface area contributed by atoms with E-state index >= 15 is 0 Å². The Bertz CT molecular complexity index is 791. The summed E-state index contributed by atoms with van der Waals surface area (Å²) in [7, 11) is 0. The van der Waals surface area contributed by atoms with Crippen molar-refractivity contribution in [3.63, 3.8) is 0 Å². The van der Waals surface area contributed by atoms with Crippen LogP contribution in [0.2, 0.25) is 5.02 Å². The van der Waals surface area contributed by atoms with Crippen LogP contribution in [-0.4, -0.2) is 34.8 Å². The van der Waals surface area contributed by atoms with Crippen molar-refractivity contribution < 1.29 is 14.0 Å². The number of amides is 2. The highest BCUT2D eigenvalue weighted by molar-refractivity contribution is 6.31. The molecule has 0 aliphatic carbocycles. The highest BCUT2D eigenvalue weighted by Crippen LogP contribution is 2.20. The van der Waals surface area contributed by atoms with Gasteiger partial charge in [0.05, 0.1) is 5.69 Å². The van der Waals surface area contributed by atoms with Gasteiger partial charge in [-0.2, -0.15) is 0 Å². The maximum absolute atomic E-state index is 13.7. The number of halogens is 2. The summed E-state index contributed by atoms with van der Waals surface area (Å²) >= 11 is 5.80. The van der Waals surface area contributed by atoms with Gasteiger partial charge in [-0.3, -0.25) is 9.59 Å². The van der Waals surface area contributed by atoms with Gasteiger partial charge in [0.1, 0.15) is 17.2 Å². The molecule has 1 aliphatic heterocycles. The van der Waals surface area contributed by atoms with Crippen molar-refractivity contribution in [3.05, 3.63) is 58.6 Å². The summed E-state index contributed by atoms with van der Waals surface area (Å²) in [5, 5.41) is 2.72. The van der Waals surface area contributed by atoms with Gasteiger partial charge in [-0.25, -0.2) is 9.37 Å². The van der Waals surface area contributed by atoms with Crippen molar-refractivity contribution in [1.82, 2.24) is 9.88 Å². The topological polar surface area (TPSA) is 62.3 Å². The van der Waals surface area contributed by atoms with E-state index in [1.807, 2.05) is 0 Å². The Morgan fingerprint density at radius 1 is 1.12 bits per heavy atom. The number of hydrogen-bond donors (Lipinski definition) is 1. The van der Waals surface area contributed by atoms with E-state index in [4.69, 9.17) is 11.6 Å². The molecule has 124 valence electrons. The molecule has 0 atom stereocenters.